The second kappa shape index (κ2) is 8.33. The molecule has 2 aromatic rings. The molecule has 1 unspecified atom stereocenters. The maximum absolute atomic E-state index is 13.1. The molecule has 5 nitrogen and oxygen atoms in total. The quantitative estimate of drug-likeness (QED) is 0.584. The number of alkyl halides is 3. The zero-order valence-electron chi connectivity index (χ0n) is 15.2. The molecule has 0 aromatic heterocycles. The Morgan fingerprint density at radius 3 is 2.38 bits per heavy atom. The third-order valence-electron chi connectivity index (χ3n) is 4.50. The van der Waals surface area contributed by atoms with E-state index in [1.165, 1.54) is 10.4 Å². The van der Waals surface area contributed by atoms with Crippen LogP contribution in [0.15, 0.2) is 51.8 Å². The van der Waals surface area contributed by atoms with Crippen molar-refractivity contribution < 1.29 is 26.3 Å². The molecule has 3 rings (SSSR count). The number of anilines is 1. The molecule has 29 heavy (non-hydrogen) atoms. The lowest BCUT2D eigenvalue weighted by atomic mass is 10.2. The van der Waals surface area contributed by atoms with Crippen LogP contribution in [0.25, 0.3) is 0 Å². The molecule has 0 aliphatic carbocycles. The minimum absolute atomic E-state index is 0.118. The van der Waals surface area contributed by atoms with Crippen molar-refractivity contribution in [3.05, 3.63) is 52.0 Å². The maximum Gasteiger partial charge on any atom is 0.573 e. The number of ether oxygens (including phenoxy) is 1. The summed E-state index contributed by atoms with van der Waals surface area (Å²) < 4.78 is 69.8. The van der Waals surface area contributed by atoms with Gasteiger partial charge in [0.15, 0.2) is 5.75 Å². The van der Waals surface area contributed by atoms with E-state index in [1.807, 2.05) is 24.0 Å². The average Bonchev–Trinajstić information content (AvgIpc) is 2.61. The van der Waals surface area contributed by atoms with Crippen molar-refractivity contribution >= 4 is 43.2 Å². The van der Waals surface area contributed by atoms with E-state index in [0.717, 1.165) is 17.8 Å². The van der Waals surface area contributed by atoms with Crippen molar-refractivity contribution in [2.24, 2.45) is 0 Å². The topological polar surface area (TPSA) is 49.9 Å². The molecule has 1 heterocycles. The van der Waals surface area contributed by atoms with Crippen molar-refractivity contribution in [1.82, 2.24) is 4.31 Å². The minimum Gasteiger partial charge on any atom is -0.404 e. The summed E-state index contributed by atoms with van der Waals surface area (Å²) in [4.78, 5) is 1.50. The first-order chi connectivity index (χ1) is 13.5. The van der Waals surface area contributed by atoms with Gasteiger partial charge < -0.3 is 9.64 Å². The molecule has 0 N–H and O–H groups in total. The smallest absolute Gasteiger partial charge is 0.404 e. The standard InChI is InChI=1S/C18H17BrClF3N2O3S/c1-12-11-24(8-9-25(12)15-5-3-14(20)4-6-15)29(26,27)17-7-2-13(19)10-16(17)28-18(21,22)23/h2-7,10,12H,8-9,11H2,1H3. The molecule has 1 fully saturated rings. The summed E-state index contributed by atoms with van der Waals surface area (Å²) in [5.41, 5.74) is 0.892. The van der Waals surface area contributed by atoms with Gasteiger partial charge in [-0.25, -0.2) is 8.42 Å². The van der Waals surface area contributed by atoms with Crippen LogP contribution >= 0.6 is 27.5 Å². The van der Waals surface area contributed by atoms with Crippen LogP contribution in [-0.4, -0.2) is 44.8 Å². The Morgan fingerprint density at radius 1 is 1.14 bits per heavy atom. The van der Waals surface area contributed by atoms with Gasteiger partial charge in [-0.1, -0.05) is 27.5 Å². The molecular formula is C18H17BrClF3N2O3S. The largest absolute Gasteiger partial charge is 0.573 e. The molecule has 1 atom stereocenters. The fourth-order valence-electron chi connectivity index (χ4n) is 3.20. The Morgan fingerprint density at radius 2 is 1.79 bits per heavy atom. The summed E-state index contributed by atoms with van der Waals surface area (Å²) in [5, 5.41) is 0.593. The average molecular weight is 514 g/mol. The Bertz CT molecular complexity index is 987. The minimum atomic E-state index is -5.01. The number of hydrogen-bond acceptors (Lipinski definition) is 4. The molecule has 11 heteroatoms. The van der Waals surface area contributed by atoms with Gasteiger partial charge in [-0.3, -0.25) is 0 Å². The van der Waals surface area contributed by atoms with Crippen molar-refractivity contribution in [1.29, 1.82) is 0 Å². The lowest BCUT2D eigenvalue weighted by Gasteiger charge is -2.40. The highest BCUT2D eigenvalue weighted by Crippen LogP contribution is 2.35. The fourth-order valence-corrected chi connectivity index (χ4v) is 5.27. The molecule has 0 saturated carbocycles. The number of piperazine rings is 1. The summed E-state index contributed by atoms with van der Waals surface area (Å²) >= 11 is 8.95. The summed E-state index contributed by atoms with van der Waals surface area (Å²) in [6, 6.07) is 10.4. The fraction of sp³-hybridized carbons (Fsp3) is 0.333. The van der Waals surface area contributed by atoms with Gasteiger partial charge in [-0.2, -0.15) is 4.31 Å². The van der Waals surface area contributed by atoms with Crippen LogP contribution < -0.4 is 9.64 Å². The van der Waals surface area contributed by atoms with Crippen molar-refractivity contribution in [3.8, 4) is 5.75 Å². The number of rotatable bonds is 4. The number of benzene rings is 2. The molecule has 1 saturated heterocycles. The first-order valence-corrected chi connectivity index (χ1v) is 11.2. The van der Waals surface area contributed by atoms with E-state index >= 15 is 0 Å². The molecule has 158 valence electrons. The van der Waals surface area contributed by atoms with Crippen LogP contribution in [0.4, 0.5) is 18.9 Å². The number of nitrogens with zero attached hydrogens (tertiary/aromatic N) is 2. The Labute approximate surface area is 180 Å². The van der Waals surface area contributed by atoms with E-state index in [9.17, 15) is 21.6 Å². The normalized spacial score (nSPS) is 18.7. The van der Waals surface area contributed by atoms with Crippen LogP contribution in [0.5, 0.6) is 5.75 Å². The van der Waals surface area contributed by atoms with Crippen LogP contribution in [0.1, 0.15) is 6.92 Å². The molecule has 1 aliphatic heterocycles. The van der Waals surface area contributed by atoms with Gasteiger partial charge in [0.2, 0.25) is 10.0 Å². The van der Waals surface area contributed by atoms with Gasteiger partial charge in [-0.05, 0) is 49.4 Å². The molecule has 0 spiro atoms. The number of sulfonamides is 1. The lowest BCUT2D eigenvalue weighted by molar-refractivity contribution is -0.275. The van der Waals surface area contributed by atoms with Gasteiger partial charge in [0.1, 0.15) is 4.90 Å². The van der Waals surface area contributed by atoms with Crippen LogP contribution in [0.2, 0.25) is 5.02 Å². The zero-order chi connectivity index (χ0) is 21.4. The monoisotopic (exact) mass is 512 g/mol. The second-order valence-electron chi connectivity index (χ2n) is 6.52. The van der Waals surface area contributed by atoms with Gasteiger partial charge >= 0.3 is 6.36 Å². The van der Waals surface area contributed by atoms with Crippen LogP contribution in [0.3, 0.4) is 0 Å². The highest BCUT2D eigenvalue weighted by Gasteiger charge is 2.38. The van der Waals surface area contributed by atoms with E-state index in [2.05, 4.69) is 20.7 Å². The Kier molecular flexibility index (Phi) is 6.38. The number of halogens is 5. The van der Waals surface area contributed by atoms with Gasteiger partial charge in [0.25, 0.3) is 0 Å². The Balaban J connectivity index is 1.85. The van der Waals surface area contributed by atoms with Crippen molar-refractivity contribution in [2.75, 3.05) is 24.5 Å². The summed E-state index contributed by atoms with van der Waals surface area (Å²) in [5.74, 6) is -0.764. The van der Waals surface area contributed by atoms with E-state index in [0.29, 0.717) is 11.6 Å². The first-order valence-electron chi connectivity index (χ1n) is 8.55. The first kappa shape index (κ1) is 22.2. The molecule has 0 radical (unpaired) electrons. The third-order valence-corrected chi connectivity index (χ3v) is 7.15. The molecule has 2 aromatic carbocycles. The highest BCUT2D eigenvalue weighted by atomic mass is 79.9. The van der Waals surface area contributed by atoms with E-state index in [1.54, 1.807) is 12.1 Å². The Hall–Kier alpha value is -1.49. The summed E-state index contributed by atoms with van der Waals surface area (Å²) in [6.45, 7) is 2.47. The molecule has 1 aliphatic rings. The predicted octanol–water partition coefficient (Wildman–Crippen LogP) is 4.90. The van der Waals surface area contributed by atoms with Crippen LogP contribution in [-0.2, 0) is 10.0 Å². The lowest BCUT2D eigenvalue weighted by Crippen LogP contribution is -2.53. The van der Waals surface area contributed by atoms with E-state index in [4.69, 9.17) is 11.6 Å². The number of hydrogen-bond donors (Lipinski definition) is 0. The highest BCUT2D eigenvalue weighted by molar-refractivity contribution is 9.10. The molecule has 0 bridgehead atoms. The van der Waals surface area contributed by atoms with Gasteiger partial charge in [0.05, 0.1) is 0 Å². The van der Waals surface area contributed by atoms with Crippen LogP contribution in [0, 0.1) is 0 Å². The molecular weight excluding hydrogens is 497 g/mol. The molecule has 0 amide bonds. The predicted molar refractivity (Wildman–Crippen MR) is 108 cm³/mol. The third kappa shape index (κ3) is 5.17. The van der Waals surface area contributed by atoms with Gasteiger partial charge in [0, 0.05) is 40.9 Å². The van der Waals surface area contributed by atoms with E-state index in [-0.39, 0.29) is 23.6 Å². The summed E-state index contributed by atoms with van der Waals surface area (Å²) in [7, 11) is -4.19. The van der Waals surface area contributed by atoms with Gasteiger partial charge in [-0.15, -0.1) is 13.2 Å². The van der Waals surface area contributed by atoms with Crippen molar-refractivity contribution in [3.63, 3.8) is 0 Å². The van der Waals surface area contributed by atoms with Crippen molar-refractivity contribution in [2.45, 2.75) is 24.2 Å². The summed E-state index contributed by atoms with van der Waals surface area (Å²) in [6.07, 6.45) is -5.01. The second-order valence-corrected chi connectivity index (χ2v) is 9.78. The SMILES string of the molecule is CC1CN(S(=O)(=O)c2ccc(Br)cc2OC(F)(F)F)CCN1c1ccc(Cl)cc1. The van der Waals surface area contributed by atoms with E-state index < -0.39 is 27.0 Å². The maximum atomic E-state index is 13.1. The zero-order valence-corrected chi connectivity index (χ0v) is 18.3.